The lowest BCUT2D eigenvalue weighted by Gasteiger charge is -2.05. The topological polar surface area (TPSA) is 25.2 Å². The Morgan fingerprint density at radius 2 is 2.13 bits per heavy atom. The van der Waals surface area contributed by atoms with Crippen molar-refractivity contribution in [3.63, 3.8) is 0 Å². The van der Waals surface area contributed by atoms with Gasteiger partial charge in [-0.3, -0.25) is 0 Å². The number of hydrogen-bond donors (Lipinski definition) is 1. The second kappa shape index (κ2) is 6.96. The maximum absolute atomic E-state index is 5.66. The first-order chi connectivity index (χ1) is 7.26. The fourth-order valence-corrected chi connectivity index (χ4v) is 2.36. The Kier molecular flexibility index (Phi) is 5.88. The third kappa shape index (κ3) is 4.76. The van der Waals surface area contributed by atoms with E-state index in [-0.39, 0.29) is 0 Å². The molecule has 1 unspecified atom stereocenters. The molecule has 0 aromatic carbocycles. The summed E-state index contributed by atoms with van der Waals surface area (Å²) in [6.07, 6.45) is 1.26. The van der Waals surface area contributed by atoms with Crippen LogP contribution in [0, 0.1) is 5.92 Å². The predicted molar refractivity (Wildman–Crippen MR) is 67.1 cm³/mol. The third-order valence-electron chi connectivity index (χ3n) is 2.41. The van der Waals surface area contributed by atoms with Crippen molar-refractivity contribution in [3.05, 3.63) is 23.7 Å². The van der Waals surface area contributed by atoms with Crippen LogP contribution >= 0.6 is 11.8 Å². The fourth-order valence-electron chi connectivity index (χ4n) is 1.25. The minimum atomic E-state index is 0.807. The maximum atomic E-state index is 5.66. The monoisotopic (exact) mass is 227 g/mol. The number of thioether (sulfide) groups is 1. The van der Waals surface area contributed by atoms with E-state index in [4.69, 9.17) is 4.42 Å². The van der Waals surface area contributed by atoms with E-state index in [1.807, 2.05) is 18.8 Å². The van der Waals surface area contributed by atoms with E-state index in [9.17, 15) is 0 Å². The summed E-state index contributed by atoms with van der Waals surface area (Å²) < 4.78 is 5.66. The van der Waals surface area contributed by atoms with Crippen molar-refractivity contribution in [1.82, 2.24) is 5.32 Å². The van der Waals surface area contributed by atoms with Crippen molar-refractivity contribution in [2.45, 2.75) is 32.6 Å². The highest BCUT2D eigenvalue weighted by Crippen LogP contribution is 2.18. The Hall–Kier alpha value is -0.410. The van der Waals surface area contributed by atoms with Gasteiger partial charge in [0.25, 0.3) is 0 Å². The van der Waals surface area contributed by atoms with Crippen LogP contribution in [0.4, 0.5) is 0 Å². The van der Waals surface area contributed by atoms with Gasteiger partial charge in [0.15, 0.2) is 0 Å². The number of rotatable bonds is 7. The smallest absolute Gasteiger partial charge is 0.117 e. The van der Waals surface area contributed by atoms with Gasteiger partial charge in [-0.1, -0.05) is 20.3 Å². The molecule has 1 aromatic rings. The summed E-state index contributed by atoms with van der Waals surface area (Å²) in [4.78, 5) is 0. The van der Waals surface area contributed by atoms with Crippen LogP contribution in [0.3, 0.4) is 0 Å². The first-order valence-electron chi connectivity index (χ1n) is 5.56. The standard InChI is InChI=1S/C12H21NOS/c1-4-10(2)8-15-9-12-6-5-11(14-12)7-13-3/h5-6,10,13H,4,7-9H2,1-3H3. The minimum absolute atomic E-state index is 0.807. The molecule has 0 fully saturated rings. The minimum Gasteiger partial charge on any atom is -0.464 e. The SMILES string of the molecule is CCC(C)CSCc1ccc(CNC)o1. The Morgan fingerprint density at radius 1 is 1.40 bits per heavy atom. The highest BCUT2D eigenvalue weighted by Gasteiger charge is 2.03. The zero-order valence-corrected chi connectivity index (χ0v) is 10.7. The molecule has 86 valence electrons. The number of nitrogens with one attached hydrogen (secondary N) is 1. The molecular weight excluding hydrogens is 206 g/mol. The maximum Gasteiger partial charge on any atom is 0.117 e. The normalized spacial score (nSPS) is 13.0. The zero-order valence-electron chi connectivity index (χ0n) is 9.88. The van der Waals surface area contributed by atoms with Crippen molar-refractivity contribution in [3.8, 4) is 0 Å². The Balaban J connectivity index is 2.25. The summed E-state index contributed by atoms with van der Waals surface area (Å²) in [5.74, 6) is 5.14. The largest absolute Gasteiger partial charge is 0.464 e. The molecule has 0 saturated carbocycles. The molecule has 0 aliphatic carbocycles. The van der Waals surface area contributed by atoms with Gasteiger partial charge in [-0.05, 0) is 30.9 Å². The van der Waals surface area contributed by atoms with E-state index in [2.05, 4.69) is 31.3 Å². The molecular formula is C12H21NOS. The average molecular weight is 227 g/mol. The van der Waals surface area contributed by atoms with Crippen molar-refractivity contribution >= 4 is 11.8 Å². The van der Waals surface area contributed by atoms with Gasteiger partial charge in [-0.15, -0.1) is 0 Å². The molecule has 1 heterocycles. The molecule has 0 amide bonds. The molecule has 0 aliphatic rings. The lowest BCUT2D eigenvalue weighted by Crippen LogP contribution is -2.03. The Morgan fingerprint density at radius 3 is 2.80 bits per heavy atom. The average Bonchev–Trinajstić information content (AvgIpc) is 2.66. The summed E-state index contributed by atoms with van der Waals surface area (Å²) in [6, 6.07) is 4.13. The molecule has 0 radical (unpaired) electrons. The van der Waals surface area contributed by atoms with Gasteiger partial charge in [0.2, 0.25) is 0 Å². The van der Waals surface area contributed by atoms with E-state index in [1.165, 1.54) is 12.2 Å². The van der Waals surface area contributed by atoms with Gasteiger partial charge in [0.05, 0.1) is 12.3 Å². The molecule has 0 aliphatic heterocycles. The summed E-state index contributed by atoms with van der Waals surface area (Å²) in [7, 11) is 1.93. The quantitative estimate of drug-likeness (QED) is 0.774. The van der Waals surface area contributed by atoms with Crippen LogP contribution in [0.1, 0.15) is 31.8 Å². The summed E-state index contributed by atoms with van der Waals surface area (Å²) in [5, 5.41) is 3.08. The molecule has 0 spiro atoms. The van der Waals surface area contributed by atoms with E-state index in [0.717, 1.165) is 29.7 Å². The zero-order chi connectivity index (χ0) is 11.1. The Bertz CT molecular complexity index is 272. The molecule has 15 heavy (non-hydrogen) atoms. The van der Waals surface area contributed by atoms with Gasteiger partial charge in [-0.25, -0.2) is 0 Å². The van der Waals surface area contributed by atoms with Gasteiger partial charge >= 0.3 is 0 Å². The molecule has 1 rings (SSSR count). The van der Waals surface area contributed by atoms with E-state index >= 15 is 0 Å². The molecule has 1 atom stereocenters. The van der Waals surface area contributed by atoms with Crippen molar-refractivity contribution in [2.24, 2.45) is 5.92 Å². The van der Waals surface area contributed by atoms with Crippen LogP contribution in [-0.4, -0.2) is 12.8 Å². The molecule has 3 heteroatoms. The van der Waals surface area contributed by atoms with Gasteiger partial charge in [-0.2, -0.15) is 11.8 Å². The van der Waals surface area contributed by atoms with Gasteiger partial charge < -0.3 is 9.73 Å². The molecule has 0 saturated heterocycles. The second-order valence-corrected chi connectivity index (χ2v) is 4.96. The fraction of sp³-hybridized carbons (Fsp3) is 0.667. The molecule has 1 N–H and O–H groups in total. The second-order valence-electron chi connectivity index (χ2n) is 3.93. The molecule has 1 aromatic heterocycles. The van der Waals surface area contributed by atoms with Crippen LogP contribution in [0.15, 0.2) is 16.5 Å². The highest BCUT2D eigenvalue weighted by molar-refractivity contribution is 7.98. The van der Waals surface area contributed by atoms with E-state index in [0.29, 0.717) is 0 Å². The molecule has 2 nitrogen and oxygen atoms in total. The lowest BCUT2D eigenvalue weighted by molar-refractivity contribution is 0.468. The summed E-state index contributed by atoms with van der Waals surface area (Å²) >= 11 is 1.96. The Labute approximate surface area is 96.8 Å². The molecule has 0 bridgehead atoms. The third-order valence-corrected chi connectivity index (χ3v) is 3.71. The van der Waals surface area contributed by atoms with Crippen molar-refractivity contribution in [1.29, 1.82) is 0 Å². The summed E-state index contributed by atoms with van der Waals surface area (Å²) in [5.41, 5.74) is 0. The van der Waals surface area contributed by atoms with Crippen LogP contribution < -0.4 is 5.32 Å². The summed E-state index contributed by atoms with van der Waals surface area (Å²) in [6.45, 7) is 5.35. The first kappa shape index (κ1) is 12.7. The van der Waals surface area contributed by atoms with Crippen molar-refractivity contribution < 1.29 is 4.42 Å². The predicted octanol–water partition coefficient (Wildman–Crippen LogP) is 3.28. The van der Waals surface area contributed by atoms with E-state index in [1.54, 1.807) is 0 Å². The highest BCUT2D eigenvalue weighted by atomic mass is 32.2. The van der Waals surface area contributed by atoms with Crippen LogP contribution in [0.2, 0.25) is 0 Å². The van der Waals surface area contributed by atoms with Crippen LogP contribution in [-0.2, 0) is 12.3 Å². The lowest BCUT2D eigenvalue weighted by atomic mass is 10.2. The van der Waals surface area contributed by atoms with Crippen molar-refractivity contribution in [2.75, 3.05) is 12.8 Å². The number of furan rings is 1. The van der Waals surface area contributed by atoms with Crippen LogP contribution in [0.25, 0.3) is 0 Å². The first-order valence-corrected chi connectivity index (χ1v) is 6.71. The van der Waals surface area contributed by atoms with E-state index < -0.39 is 0 Å². The van der Waals surface area contributed by atoms with Gasteiger partial charge in [0.1, 0.15) is 11.5 Å². The number of hydrogen-bond acceptors (Lipinski definition) is 3. The van der Waals surface area contributed by atoms with Crippen LogP contribution in [0.5, 0.6) is 0 Å². The van der Waals surface area contributed by atoms with Gasteiger partial charge in [0, 0.05) is 0 Å².